The average molecular weight is 300 g/mol. The second-order valence-electron chi connectivity index (χ2n) is 6.19. The molecule has 0 aliphatic carbocycles. The third kappa shape index (κ3) is 9.05. The highest BCUT2D eigenvalue weighted by atomic mass is 16.6. The standard InChI is InChI=1S/C15H28N2O4/c1-7-10-17(11-13(19)16(5)6)12(18)8-9-14(20)21-15(2,3)4/h7-11H2,1-6H3. The molecule has 2 amide bonds. The van der Waals surface area contributed by atoms with Crippen LogP contribution in [0, 0.1) is 0 Å². The maximum absolute atomic E-state index is 12.1. The molecule has 21 heavy (non-hydrogen) atoms. The Labute approximate surface area is 127 Å². The van der Waals surface area contributed by atoms with Gasteiger partial charge >= 0.3 is 5.97 Å². The molecule has 6 heteroatoms. The quantitative estimate of drug-likeness (QED) is 0.667. The number of hydrogen-bond donors (Lipinski definition) is 0. The highest BCUT2D eigenvalue weighted by Crippen LogP contribution is 2.10. The lowest BCUT2D eigenvalue weighted by Gasteiger charge is -2.24. The van der Waals surface area contributed by atoms with Crippen molar-refractivity contribution >= 4 is 17.8 Å². The lowest BCUT2D eigenvalue weighted by Crippen LogP contribution is -2.40. The first-order valence-electron chi connectivity index (χ1n) is 7.26. The van der Waals surface area contributed by atoms with Crippen LogP contribution >= 0.6 is 0 Å². The molecule has 0 heterocycles. The lowest BCUT2D eigenvalue weighted by atomic mass is 10.2. The smallest absolute Gasteiger partial charge is 0.306 e. The molecule has 122 valence electrons. The lowest BCUT2D eigenvalue weighted by molar-refractivity contribution is -0.156. The van der Waals surface area contributed by atoms with Gasteiger partial charge in [-0.2, -0.15) is 0 Å². The first-order valence-corrected chi connectivity index (χ1v) is 7.26. The van der Waals surface area contributed by atoms with Crippen LogP contribution in [0.2, 0.25) is 0 Å². The van der Waals surface area contributed by atoms with Crippen LogP contribution in [0.15, 0.2) is 0 Å². The van der Waals surface area contributed by atoms with E-state index < -0.39 is 11.6 Å². The molecule has 0 radical (unpaired) electrons. The second-order valence-corrected chi connectivity index (χ2v) is 6.19. The van der Waals surface area contributed by atoms with E-state index in [9.17, 15) is 14.4 Å². The fourth-order valence-corrected chi connectivity index (χ4v) is 1.63. The van der Waals surface area contributed by atoms with Crippen LogP contribution in [0.25, 0.3) is 0 Å². The number of esters is 1. The van der Waals surface area contributed by atoms with Crippen molar-refractivity contribution in [1.29, 1.82) is 0 Å². The molecule has 0 saturated carbocycles. The highest BCUT2D eigenvalue weighted by Gasteiger charge is 2.21. The summed E-state index contributed by atoms with van der Waals surface area (Å²) in [4.78, 5) is 38.4. The first-order chi connectivity index (χ1) is 9.56. The van der Waals surface area contributed by atoms with Crippen molar-refractivity contribution in [1.82, 2.24) is 9.80 Å². The minimum atomic E-state index is -0.551. The Morgan fingerprint density at radius 1 is 1.00 bits per heavy atom. The predicted octanol–water partition coefficient (Wildman–Crippen LogP) is 1.44. The summed E-state index contributed by atoms with van der Waals surface area (Å²) in [5, 5.41) is 0. The minimum absolute atomic E-state index is 0.0342. The van der Waals surface area contributed by atoms with E-state index in [1.54, 1.807) is 34.9 Å². The molecule has 0 fully saturated rings. The molecule has 0 unspecified atom stereocenters. The maximum Gasteiger partial charge on any atom is 0.306 e. The van der Waals surface area contributed by atoms with Gasteiger partial charge in [0.2, 0.25) is 11.8 Å². The molecular weight excluding hydrogens is 272 g/mol. The van der Waals surface area contributed by atoms with Crippen LogP contribution < -0.4 is 0 Å². The number of carbonyl (C=O) groups is 3. The van der Waals surface area contributed by atoms with Crippen LogP contribution in [0.1, 0.15) is 47.0 Å². The molecule has 0 N–H and O–H groups in total. The van der Waals surface area contributed by atoms with Gasteiger partial charge in [0.15, 0.2) is 0 Å². The van der Waals surface area contributed by atoms with Gasteiger partial charge in [0.25, 0.3) is 0 Å². The molecule has 0 aliphatic heterocycles. The van der Waals surface area contributed by atoms with Crippen LogP contribution in [0.4, 0.5) is 0 Å². The predicted molar refractivity (Wildman–Crippen MR) is 80.6 cm³/mol. The maximum atomic E-state index is 12.1. The monoisotopic (exact) mass is 300 g/mol. The van der Waals surface area contributed by atoms with Crippen molar-refractivity contribution in [2.24, 2.45) is 0 Å². The fourth-order valence-electron chi connectivity index (χ4n) is 1.63. The number of amides is 2. The summed E-state index contributed by atoms with van der Waals surface area (Å²) in [6.45, 7) is 7.85. The van der Waals surface area contributed by atoms with E-state index in [0.29, 0.717) is 6.54 Å². The summed E-state index contributed by atoms with van der Waals surface area (Å²) >= 11 is 0. The zero-order valence-corrected chi connectivity index (χ0v) is 14.1. The van der Waals surface area contributed by atoms with Crippen molar-refractivity contribution in [3.8, 4) is 0 Å². The van der Waals surface area contributed by atoms with Crippen molar-refractivity contribution < 1.29 is 19.1 Å². The number of carbonyl (C=O) groups excluding carboxylic acids is 3. The number of rotatable bonds is 7. The van der Waals surface area contributed by atoms with Crippen molar-refractivity contribution in [2.75, 3.05) is 27.2 Å². The number of ether oxygens (including phenoxy) is 1. The normalized spacial score (nSPS) is 11.0. The largest absolute Gasteiger partial charge is 0.460 e. The number of hydrogen-bond acceptors (Lipinski definition) is 4. The van der Waals surface area contributed by atoms with E-state index in [4.69, 9.17) is 4.74 Å². The van der Waals surface area contributed by atoms with Gasteiger partial charge in [-0.3, -0.25) is 14.4 Å². The van der Waals surface area contributed by atoms with Gasteiger partial charge in [-0.25, -0.2) is 0 Å². The topological polar surface area (TPSA) is 66.9 Å². The third-order valence-corrected chi connectivity index (χ3v) is 2.63. The molecule has 0 aromatic rings. The van der Waals surface area contributed by atoms with Crippen molar-refractivity contribution in [3.05, 3.63) is 0 Å². The van der Waals surface area contributed by atoms with E-state index in [1.165, 1.54) is 9.80 Å². The van der Waals surface area contributed by atoms with E-state index >= 15 is 0 Å². The number of nitrogens with zero attached hydrogens (tertiary/aromatic N) is 2. The van der Waals surface area contributed by atoms with Crippen LogP contribution in [-0.2, 0) is 19.1 Å². The Balaban J connectivity index is 4.42. The van der Waals surface area contributed by atoms with Gasteiger partial charge in [0.05, 0.1) is 13.0 Å². The third-order valence-electron chi connectivity index (χ3n) is 2.63. The first kappa shape index (κ1) is 19.4. The Kier molecular flexibility index (Phi) is 7.99. The van der Waals surface area contributed by atoms with Gasteiger partial charge < -0.3 is 14.5 Å². The summed E-state index contributed by atoms with van der Waals surface area (Å²) in [6.07, 6.45) is 0.862. The Bertz CT molecular complexity index is 372. The van der Waals surface area contributed by atoms with Gasteiger partial charge in [0.1, 0.15) is 5.60 Å². The van der Waals surface area contributed by atoms with Crippen molar-refractivity contribution in [3.63, 3.8) is 0 Å². The Hall–Kier alpha value is -1.59. The molecule has 6 nitrogen and oxygen atoms in total. The van der Waals surface area contributed by atoms with Crippen molar-refractivity contribution in [2.45, 2.75) is 52.6 Å². The van der Waals surface area contributed by atoms with E-state index in [2.05, 4.69) is 0 Å². The summed E-state index contributed by atoms with van der Waals surface area (Å²) in [5.74, 6) is -0.724. The van der Waals surface area contributed by atoms with Crippen LogP contribution in [0.3, 0.4) is 0 Å². The van der Waals surface area contributed by atoms with Crippen LogP contribution in [-0.4, -0.2) is 60.4 Å². The van der Waals surface area contributed by atoms with Crippen LogP contribution in [0.5, 0.6) is 0 Å². The highest BCUT2D eigenvalue weighted by molar-refractivity contribution is 5.86. The van der Waals surface area contributed by atoms with Gasteiger partial charge in [-0.1, -0.05) is 6.92 Å². The SMILES string of the molecule is CCCN(CC(=O)N(C)C)C(=O)CCC(=O)OC(C)(C)C. The van der Waals surface area contributed by atoms with Gasteiger partial charge in [0, 0.05) is 27.1 Å². The zero-order valence-electron chi connectivity index (χ0n) is 14.1. The van der Waals surface area contributed by atoms with E-state index in [-0.39, 0.29) is 31.2 Å². The molecule has 0 atom stereocenters. The van der Waals surface area contributed by atoms with Gasteiger partial charge in [-0.15, -0.1) is 0 Å². The second kappa shape index (κ2) is 8.64. The molecule has 0 bridgehead atoms. The summed E-state index contributed by atoms with van der Waals surface area (Å²) in [5.41, 5.74) is -0.551. The molecule has 0 aromatic heterocycles. The Morgan fingerprint density at radius 2 is 1.57 bits per heavy atom. The van der Waals surface area contributed by atoms with Gasteiger partial charge in [-0.05, 0) is 27.2 Å². The van der Waals surface area contributed by atoms with E-state index in [1.807, 2.05) is 6.92 Å². The zero-order chi connectivity index (χ0) is 16.6. The molecule has 0 aromatic carbocycles. The summed E-state index contributed by atoms with van der Waals surface area (Å²) in [7, 11) is 3.30. The van der Waals surface area contributed by atoms with E-state index in [0.717, 1.165) is 6.42 Å². The summed E-state index contributed by atoms with van der Waals surface area (Å²) in [6, 6.07) is 0. The molecule has 0 saturated heterocycles. The molecule has 0 aliphatic rings. The average Bonchev–Trinajstić information content (AvgIpc) is 2.33. The molecule has 0 spiro atoms. The minimum Gasteiger partial charge on any atom is -0.460 e. The summed E-state index contributed by atoms with van der Waals surface area (Å²) < 4.78 is 5.16. The molecular formula is C15H28N2O4. The number of likely N-dealkylation sites (N-methyl/N-ethyl adjacent to an activating group) is 1. The molecule has 0 rings (SSSR count). The Morgan fingerprint density at radius 3 is 2.00 bits per heavy atom. The fraction of sp³-hybridized carbons (Fsp3) is 0.800.